The van der Waals surface area contributed by atoms with Crippen molar-refractivity contribution in [1.29, 1.82) is 0 Å². The summed E-state index contributed by atoms with van der Waals surface area (Å²) in [5.41, 5.74) is 0.561. The summed E-state index contributed by atoms with van der Waals surface area (Å²) in [5.74, 6) is 0.0707. The Balaban J connectivity index is 2.19. The number of hydrogen-bond acceptors (Lipinski definition) is 2. The summed E-state index contributed by atoms with van der Waals surface area (Å²) in [6.45, 7) is 0.904. The van der Waals surface area contributed by atoms with Crippen LogP contribution in [0, 0.1) is 0 Å². The summed E-state index contributed by atoms with van der Waals surface area (Å²) in [5, 5.41) is 4.21. The van der Waals surface area contributed by atoms with E-state index in [-0.39, 0.29) is 11.8 Å². The van der Waals surface area contributed by atoms with Crippen molar-refractivity contribution in [3.63, 3.8) is 0 Å². The van der Waals surface area contributed by atoms with E-state index in [1.165, 1.54) is 0 Å². The topological polar surface area (TPSA) is 29.1 Å². The number of carbonyl (C=O) groups excluding carboxylic acids is 1. The smallest absolute Gasteiger partial charge is 0.181 e. The number of rotatable bonds is 2. The van der Waals surface area contributed by atoms with E-state index in [1.807, 2.05) is 0 Å². The standard InChI is InChI=1S/C12H13Cl2NO/c13-8-4-5-9(10(14)7-8)12(16)11-3-1-2-6-15-11/h4-5,7,11,15H,1-3,6H2. The third kappa shape index (κ3) is 2.57. The lowest BCUT2D eigenvalue weighted by molar-refractivity contribution is 0.0927. The quantitative estimate of drug-likeness (QED) is 0.824. The lowest BCUT2D eigenvalue weighted by atomic mass is 9.96. The molecule has 1 unspecified atom stereocenters. The molecular formula is C12H13Cl2NO. The van der Waals surface area contributed by atoms with Gasteiger partial charge in [-0.3, -0.25) is 4.79 Å². The number of Topliss-reactive ketones (excluding diaryl/α,β-unsaturated/α-hetero) is 1. The molecule has 0 radical (unpaired) electrons. The molecule has 4 heteroatoms. The summed E-state index contributed by atoms with van der Waals surface area (Å²) in [6, 6.07) is 4.92. The first-order valence-corrected chi connectivity index (χ1v) is 6.17. The fourth-order valence-electron chi connectivity index (χ4n) is 1.95. The van der Waals surface area contributed by atoms with Crippen LogP contribution in [0.25, 0.3) is 0 Å². The van der Waals surface area contributed by atoms with Crippen LogP contribution >= 0.6 is 23.2 Å². The largest absolute Gasteiger partial charge is 0.307 e. The summed E-state index contributed by atoms with van der Waals surface area (Å²) in [4.78, 5) is 12.1. The van der Waals surface area contributed by atoms with Gasteiger partial charge in [-0.1, -0.05) is 29.6 Å². The molecule has 0 bridgehead atoms. The van der Waals surface area contributed by atoms with Crippen LogP contribution in [-0.4, -0.2) is 18.4 Å². The van der Waals surface area contributed by atoms with Gasteiger partial charge in [-0.2, -0.15) is 0 Å². The maximum absolute atomic E-state index is 12.1. The van der Waals surface area contributed by atoms with E-state index in [9.17, 15) is 4.79 Å². The molecule has 1 aliphatic heterocycles. The highest BCUT2D eigenvalue weighted by atomic mass is 35.5. The van der Waals surface area contributed by atoms with Gasteiger partial charge in [0.1, 0.15) is 0 Å². The van der Waals surface area contributed by atoms with Gasteiger partial charge in [0.15, 0.2) is 5.78 Å². The molecule has 1 N–H and O–H groups in total. The number of carbonyl (C=O) groups is 1. The second kappa shape index (κ2) is 5.17. The maximum atomic E-state index is 12.1. The summed E-state index contributed by atoms with van der Waals surface area (Å²) < 4.78 is 0. The van der Waals surface area contributed by atoms with Crippen LogP contribution in [0.3, 0.4) is 0 Å². The molecule has 0 aliphatic carbocycles. The van der Waals surface area contributed by atoms with E-state index in [0.717, 1.165) is 25.8 Å². The van der Waals surface area contributed by atoms with Crippen LogP contribution < -0.4 is 5.32 Å². The number of benzene rings is 1. The van der Waals surface area contributed by atoms with Crippen LogP contribution in [0.2, 0.25) is 10.0 Å². The third-order valence-electron chi connectivity index (χ3n) is 2.82. The zero-order valence-corrected chi connectivity index (χ0v) is 10.3. The van der Waals surface area contributed by atoms with Gasteiger partial charge in [0.2, 0.25) is 0 Å². The van der Waals surface area contributed by atoms with Crippen molar-refractivity contribution in [2.24, 2.45) is 0 Å². The number of piperidine rings is 1. The van der Waals surface area contributed by atoms with E-state index in [0.29, 0.717) is 15.6 Å². The Bertz CT molecular complexity index is 400. The molecule has 1 aromatic rings. The first-order valence-electron chi connectivity index (χ1n) is 5.41. The number of hydrogen-bond donors (Lipinski definition) is 1. The predicted molar refractivity (Wildman–Crippen MR) is 66.4 cm³/mol. The van der Waals surface area contributed by atoms with Crippen molar-refractivity contribution in [3.8, 4) is 0 Å². The Hall–Kier alpha value is -0.570. The van der Waals surface area contributed by atoms with Crippen LogP contribution in [0.4, 0.5) is 0 Å². The molecule has 0 amide bonds. The highest BCUT2D eigenvalue weighted by Gasteiger charge is 2.23. The SMILES string of the molecule is O=C(c1ccc(Cl)cc1Cl)C1CCCCN1. The average Bonchev–Trinajstić information content (AvgIpc) is 2.29. The van der Waals surface area contributed by atoms with Crippen LogP contribution in [0.1, 0.15) is 29.6 Å². The van der Waals surface area contributed by atoms with E-state index in [1.54, 1.807) is 18.2 Å². The van der Waals surface area contributed by atoms with Crippen molar-refractivity contribution in [1.82, 2.24) is 5.32 Å². The zero-order valence-electron chi connectivity index (χ0n) is 8.80. The molecule has 1 atom stereocenters. The fourth-order valence-corrected chi connectivity index (χ4v) is 2.45. The van der Waals surface area contributed by atoms with Gasteiger partial charge in [0, 0.05) is 10.6 Å². The van der Waals surface area contributed by atoms with Gasteiger partial charge in [0.25, 0.3) is 0 Å². The summed E-state index contributed by atoms with van der Waals surface area (Å²) in [6.07, 6.45) is 3.12. The Morgan fingerprint density at radius 3 is 2.75 bits per heavy atom. The van der Waals surface area contributed by atoms with Gasteiger partial charge in [-0.05, 0) is 37.6 Å². The molecule has 1 fully saturated rings. The monoisotopic (exact) mass is 257 g/mol. The van der Waals surface area contributed by atoms with Crippen molar-refractivity contribution < 1.29 is 4.79 Å². The number of nitrogens with one attached hydrogen (secondary N) is 1. The van der Waals surface area contributed by atoms with Gasteiger partial charge < -0.3 is 5.32 Å². The van der Waals surface area contributed by atoms with Gasteiger partial charge in [-0.25, -0.2) is 0 Å². The molecule has 1 aliphatic rings. The van der Waals surface area contributed by atoms with Crippen LogP contribution in [0.5, 0.6) is 0 Å². The molecule has 2 nitrogen and oxygen atoms in total. The highest BCUT2D eigenvalue weighted by molar-refractivity contribution is 6.37. The molecule has 1 heterocycles. The fraction of sp³-hybridized carbons (Fsp3) is 0.417. The third-order valence-corrected chi connectivity index (χ3v) is 3.37. The van der Waals surface area contributed by atoms with Crippen molar-refractivity contribution in [2.75, 3.05) is 6.54 Å². The van der Waals surface area contributed by atoms with Gasteiger partial charge in [0.05, 0.1) is 11.1 Å². The lowest BCUT2D eigenvalue weighted by Gasteiger charge is -2.22. The Labute approximate surface area is 105 Å². The number of halogens is 2. The van der Waals surface area contributed by atoms with E-state index in [4.69, 9.17) is 23.2 Å². The molecule has 0 spiro atoms. The molecule has 86 valence electrons. The minimum absolute atomic E-state index is 0.0707. The summed E-state index contributed by atoms with van der Waals surface area (Å²) in [7, 11) is 0. The molecule has 2 rings (SSSR count). The van der Waals surface area contributed by atoms with E-state index in [2.05, 4.69) is 5.32 Å². The van der Waals surface area contributed by atoms with Gasteiger partial charge >= 0.3 is 0 Å². The second-order valence-corrected chi connectivity index (χ2v) is 4.83. The van der Waals surface area contributed by atoms with Crippen LogP contribution in [0.15, 0.2) is 18.2 Å². The lowest BCUT2D eigenvalue weighted by Crippen LogP contribution is -2.40. The number of ketones is 1. The van der Waals surface area contributed by atoms with Crippen LogP contribution in [-0.2, 0) is 0 Å². The highest BCUT2D eigenvalue weighted by Crippen LogP contribution is 2.23. The predicted octanol–water partition coefficient (Wildman–Crippen LogP) is 3.32. The molecule has 1 saturated heterocycles. The van der Waals surface area contributed by atoms with Crippen molar-refractivity contribution >= 4 is 29.0 Å². The second-order valence-electron chi connectivity index (χ2n) is 3.99. The Morgan fingerprint density at radius 1 is 1.31 bits per heavy atom. The normalized spacial score (nSPS) is 20.8. The molecule has 1 aromatic carbocycles. The van der Waals surface area contributed by atoms with Crippen molar-refractivity contribution in [2.45, 2.75) is 25.3 Å². The molecule has 0 saturated carbocycles. The molecule has 16 heavy (non-hydrogen) atoms. The minimum atomic E-state index is -0.0903. The van der Waals surface area contributed by atoms with Gasteiger partial charge in [-0.15, -0.1) is 0 Å². The summed E-state index contributed by atoms with van der Waals surface area (Å²) >= 11 is 11.8. The Kier molecular flexibility index (Phi) is 3.85. The van der Waals surface area contributed by atoms with Crippen molar-refractivity contribution in [3.05, 3.63) is 33.8 Å². The van der Waals surface area contributed by atoms with E-state index >= 15 is 0 Å². The first kappa shape index (κ1) is 11.9. The maximum Gasteiger partial charge on any atom is 0.181 e. The molecular weight excluding hydrogens is 245 g/mol. The van der Waals surface area contributed by atoms with E-state index < -0.39 is 0 Å². The zero-order chi connectivity index (χ0) is 11.5. The molecule has 0 aromatic heterocycles. The minimum Gasteiger partial charge on any atom is -0.307 e. The average molecular weight is 258 g/mol. The first-order chi connectivity index (χ1) is 7.68. The Morgan fingerprint density at radius 2 is 2.12 bits per heavy atom.